The third-order valence-electron chi connectivity index (χ3n) is 2.69. The summed E-state index contributed by atoms with van der Waals surface area (Å²) in [4.78, 5) is 27.0. The molecule has 10 heteroatoms. The van der Waals surface area contributed by atoms with Crippen LogP contribution in [-0.2, 0) is 17.2 Å². The molecule has 0 radical (unpaired) electrons. The van der Waals surface area contributed by atoms with Crippen molar-refractivity contribution in [3.63, 3.8) is 0 Å². The normalized spacial score (nSPS) is 15.2. The van der Waals surface area contributed by atoms with Gasteiger partial charge >= 0.3 is 11.4 Å². The Hall–Kier alpha value is -1.55. The molecule has 0 aliphatic carbocycles. The number of rotatable bonds is 4. The Morgan fingerprint density at radius 3 is 2.37 bits per heavy atom. The SMILES string of the molecule is Cc1nc(=O)n(C(CS(=O)(=O)O)C(C)F)c(=O)n1C. The molecule has 1 aromatic rings. The zero-order valence-electron chi connectivity index (χ0n) is 10.6. The summed E-state index contributed by atoms with van der Waals surface area (Å²) in [5.41, 5.74) is -1.95. The van der Waals surface area contributed by atoms with E-state index in [1.54, 1.807) is 0 Å². The molecule has 0 bridgehead atoms. The second-order valence-corrected chi connectivity index (χ2v) is 5.64. The summed E-state index contributed by atoms with van der Waals surface area (Å²) in [6.07, 6.45) is -1.84. The second kappa shape index (κ2) is 5.21. The zero-order valence-corrected chi connectivity index (χ0v) is 11.4. The summed E-state index contributed by atoms with van der Waals surface area (Å²) < 4.78 is 45.3. The van der Waals surface area contributed by atoms with Gasteiger partial charge in [-0.25, -0.2) is 18.5 Å². The van der Waals surface area contributed by atoms with Gasteiger partial charge in [0.15, 0.2) is 0 Å². The van der Waals surface area contributed by atoms with Crippen LogP contribution in [0.5, 0.6) is 0 Å². The maximum absolute atomic E-state index is 13.5. The highest BCUT2D eigenvalue weighted by atomic mass is 32.2. The fraction of sp³-hybridized carbons (Fsp3) is 0.667. The van der Waals surface area contributed by atoms with Crippen molar-refractivity contribution in [1.29, 1.82) is 0 Å². The predicted octanol–water partition coefficient (Wildman–Crippen LogP) is -0.963. The molecule has 0 aliphatic rings. The van der Waals surface area contributed by atoms with E-state index in [1.807, 2.05) is 0 Å². The van der Waals surface area contributed by atoms with Crippen LogP contribution in [0.4, 0.5) is 4.39 Å². The van der Waals surface area contributed by atoms with Gasteiger partial charge in [0.25, 0.3) is 10.1 Å². The Labute approximate surface area is 108 Å². The van der Waals surface area contributed by atoms with Crippen molar-refractivity contribution in [2.75, 3.05) is 5.75 Å². The maximum atomic E-state index is 13.5. The van der Waals surface area contributed by atoms with Crippen LogP contribution in [0.1, 0.15) is 18.8 Å². The van der Waals surface area contributed by atoms with Crippen LogP contribution < -0.4 is 11.4 Å². The third kappa shape index (κ3) is 3.47. The fourth-order valence-electron chi connectivity index (χ4n) is 1.56. The fourth-order valence-corrected chi connectivity index (χ4v) is 2.41. The molecule has 0 aliphatic heterocycles. The first-order valence-corrected chi connectivity index (χ1v) is 6.91. The van der Waals surface area contributed by atoms with Crippen molar-refractivity contribution >= 4 is 10.1 Å². The standard InChI is InChI=1S/C9H14FN3O5S/c1-5(10)7(4-19(16,17)18)13-8(14)11-6(2)12(3)9(13)15/h5,7H,4H2,1-3H3,(H,16,17,18). The van der Waals surface area contributed by atoms with Gasteiger partial charge in [0.1, 0.15) is 12.0 Å². The highest BCUT2D eigenvalue weighted by Gasteiger charge is 2.28. The van der Waals surface area contributed by atoms with Crippen molar-refractivity contribution in [2.45, 2.75) is 26.1 Å². The van der Waals surface area contributed by atoms with Crippen molar-refractivity contribution < 1.29 is 17.4 Å². The largest absolute Gasteiger partial charge is 0.353 e. The molecule has 2 unspecified atom stereocenters. The summed E-state index contributed by atoms with van der Waals surface area (Å²) in [5.74, 6) is -0.965. The molecule has 1 rings (SSSR count). The summed E-state index contributed by atoms with van der Waals surface area (Å²) in [5, 5.41) is 0. The van der Waals surface area contributed by atoms with Gasteiger partial charge in [-0.2, -0.15) is 13.4 Å². The van der Waals surface area contributed by atoms with E-state index in [2.05, 4.69) is 4.98 Å². The van der Waals surface area contributed by atoms with Gasteiger partial charge < -0.3 is 0 Å². The molecular formula is C9H14FN3O5S. The van der Waals surface area contributed by atoms with E-state index in [1.165, 1.54) is 14.0 Å². The molecule has 0 amide bonds. The molecule has 0 saturated heterocycles. The van der Waals surface area contributed by atoms with Crippen molar-refractivity contribution in [3.8, 4) is 0 Å². The number of alkyl halides is 1. The van der Waals surface area contributed by atoms with E-state index in [0.717, 1.165) is 11.5 Å². The number of hydrogen-bond acceptors (Lipinski definition) is 5. The molecule has 0 fully saturated rings. The molecule has 0 saturated carbocycles. The summed E-state index contributed by atoms with van der Waals surface area (Å²) in [7, 11) is -3.24. The Kier molecular flexibility index (Phi) is 4.25. The monoisotopic (exact) mass is 295 g/mol. The molecule has 0 spiro atoms. The molecular weight excluding hydrogens is 281 g/mol. The lowest BCUT2D eigenvalue weighted by atomic mass is 10.2. The van der Waals surface area contributed by atoms with Crippen LogP contribution >= 0.6 is 0 Å². The van der Waals surface area contributed by atoms with E-state index >= 15 is 0 Å². The smallest absolute Gasteiger partial charge is 0.285 e. The van der Waals surface area contributed by atoms with Crippen molar-refractivity contribution in [1.82, 2.24) is 14.1 Å². The Bertz CT molecular complexity index is 691. The van der Waals surface area contributed by atoms with Gasteiger partial charge in [-0.1, -0.05) is 0 Å². The lowest BCUT2D eigenvalue weighted by molar-refractivity contribution is 0.248. The Morgan fingerprint density at radius 2 is 1.95 bits per heavy atom. The van der Waals surface area contributed by atoms with Crippen LogP contribution in [0.25, 0.3) is 0 Å². The minimum atomic E-state index is -4.55. The van der Waals surface area contributed by atoms with E-state index in [4.69, 9.17) is 4.55 Å². The van der Waals surface area contributed by atoms with E-state index in [9.17, 15) is 22.4 Å². The Balaban J connectivity index is 3.53. The highest BCUT2D eigenvalue weighted by Crippen LogP contribution is 2.13. The highest BCUT2D eigenvalue weighted by molar-refractivity contribution is 7.85. The van der Waals surface area contributed by atoms with Crippen LogP contribution in [0.2, 0.25) is 0 Å². The number of hydrogen-bond donors (Lipinski definition) is 1. The first-order chi connectivity index (χ1) is 8.54. The van der Waals surface area contributed by atoms with E-state index in [0.29, 0.717) is 4.57 Å². The minimum absolute atomic E-state index is 0.114. The number of aromatic nitrogens is 3. The molecule has 108 valence electrons. The van der Waals surface area contributed by atoms with Crippen molar-refractivity contribution in [3.05, 3.63) is 26.8 Å². The van der Waals surface area contributed by atoms with E-state index in [-0.39, 0.29) is 5.82 Å². The predicted molar refractivity (Wildman–Crippen MR) is 64.5 cm³/mol. The minimum Gasteiger partial charge on any atom is -0.285 e. The van der Waals surface area contributed by atoms with Gasteiger partial charge in [0.05, 0.1) is 11.8 Å². The van der Waals surface area contributed by atoms with Gasteiger partial charge in [-0.05, 0) is 13.8 Å². The number of halogens is 1. The lowest BCUT2D eigenvalue weighted by Gasteiger charge is -2.19. The second-order valence-electron chi connectivity index (χ2n) is 4.15. The average molecular weight is 295 g/mol. The van der Waals surface area contributed by atoms with Crippen LogP contribution in [0, 0.1) is 6.92 Å². The van der Waals surface area contributed by atoms with Gasteiger partial charge in [0, 0.05) is 7.05 Å². The molecule has 1 N–H and O–H groups in total. The molecule has 8 nitrogen and oxygen atoms in total. The topological polar surface area (TPSA) is 111 Å². The molecule has 2 atom stereocenters. The average Bonchev–Trinajstić information content (AvgIpc) is 2.23. The summed E-state index contributed by atoms with van der Waals surface area (Å²) in [6, 6.07) is -1.63. The van der Waals surface area contributed by atoms with Crippen LogP contribution in [-0.4, -0.2) is 39.0 Å². The van der Waals surface area contributed by atoms with Crippen LogP contribution in [0.15, 0.2) is 9.59 Å². The van der Waals surface area contributed by atoms with Crippen LogP contribution in [0.3, 0.4) is 0 Å². The number of aryl methyl sites for hydroxylation is 1. The van der Waals surface area contributed by atoms with Gasteiger partial charge in [0.2, 0.25) is 0 Å². The van der Waals surface area contributed by atoms with Gasteiger partial charge in [-0.15, -0.1) is 0 Å². The molecule has 19 heavy (non-hydrogen) atoms. The lowest BCUT2D eigenvalue weighted by Crippen LogP contribution is -2.47. The quantitative estimate of drug-likeness (QED) is 0.716. The van der Waals surface area contributed by atoms with Crippen molar-refractivity contribution in [2.24, 2.45) is 7.05 Å². The maximum Gasteiger partial charge on any atom is 0.353 e. The number of nitrogens with zero attached hydrogens (tertiary/aromatic N) is 3. The zero-order chi connectivity index (χ0) is 15.0. The first kappa shape index (κ1) is 15.5. The molecule has 1 aromatic heterocycles. The third-order valence-corrected chi connectivity index (χ3v) is 3.45. The Morgan fingerprint density at radius 1 is 1.42 bits per heavy atom. The molecule has 0 aromatic carbocycles. The summed E-state index contributed by atoms with van der Waals surface area (Å²) >= 11 is 0. The first-order valence-electron chi connectivity index (χ1n) is 5.30. The van der Waals surface area contributed by atoms with E-state index < -0.39 is 39.5 Å². The molecule has 1 heterocycles. The van der Waals surface area contributed by atoms with Gasteiger partial charge in [-0.3, -0.25) is 9.12 Å². The summed E-state index contributed by atoms with van der Waals surface area (Å²) in [6.45, 7) is 2.39.